The summed E-state index contributed by atoms with van der Waals surface area (Å²) in [5, 5.41) is 3.37. The van der Waals surface area contributed by atoms with Crippen molar-refractivity contribution in [1.82, 2.24) is 14.9 Å². The first-order valence-electron chi connectivity index (χ1n) is 8.95. The van der Waals surface area contributed by atoms with Gasteiger partial charge in [0.2, 0.25) is 0 Å². The minimum atomic E-state index is -0.201. The standard InChI is InChI=1S/C22H18FN3S/c1-26-12-18(15-4-3-14-7-10-27-20(14)11-15)16-5-6-17(21(23)19(16)13-26)22-24-8-2-9-25-22/h2-11,18H,12-13H2,1H3. The van der Waals surface area contributed by atoms with E-state index in [4.69, 9.17) is 0 Å². The highest BCUT2D eigenvalue weighted by Gasteiger charge is 2.29. The second kappa shape index (κ2) is 6.51. The maximum atomic E-state index is 15.4. The Kier molecular flexibility index (Phi) is 3.99. The molecule has 2 aromatic heterocycles. The minimum absolute atomic E-state index is 0.158. The molecule has 1 atom stereocenters. The van der Waals surface area contributed by atoms with Gasteiger partial charge in [-0.2, -0.15) is 0 Å². The number of hydrogen-bond acceptors (Lipinski definition) is 4. The van der Waals surface area contributed by atoms with E-state index in [-0.39, 0.29) is 11.7 Å². The Balaban J connectivity index is 1.64. The predicted molar refractivity (Wildman–Crippen MR) is 107 cm³/mol. The lowest BCUT2D eigenvalue weighted by atomic mass is 9.83. The van der Waals surface area contributed by atoms with Crippen LogP contribution in [0.25, 0.3) is 21.5 Å². The zero-order valence-corrected chi connectivity index (χ0v) is 15.7. The van der Waals surface area contributed by atoms with Crippen LogP contribution < -0.4 is 0 Å². The molecule has 4 aromatic rings. The van der Waals surface area contributed by atoms with Crippen LogP contribution in [0.15, 0.2) is 60.2 Å². The lowest BCUT2D eigenvalue weighted by Crippen LogP contribution is -2.31. The highest BCUT2D eigenvalue weighted by molar-refractivity contribution is 7.17. The minimum Gasteiger partial charge on any atom is -0.301 e. The molecule has 5 heteroatoms. The maximum absolute atomic E-state index is 15.4. The maximum Gasteiger partial charge on any atom is 0.162 e. The van der Waals surface area contributed by atoms with Gasteiger partial charge in [-0.05, 0) is 53.2 Å². The largest absolute Gasteiger partial charge is 0.301 e. The number of aromatic nitrogens is 2. The molecule has 0 N–H and O–H groups in total. The van der Waals surface area contributed by atoms with Crippen LogP contribution in [0.5, 0.6) is 0 Å². The van der Waals surface area contributed by atoms with Crippen LogP contribution >= 0.6 is 11.3 Å². The van der Waals surface area contributed by atoms with Crippen LogP contribution in [0.1, 0.15) is 22.6 Å². The van der Waals surface area contributed by atoms with Crippen LogP contribution in [0.2, 0.25) is 0 Å². The van der Waals surface area contributed by atoms with E-state index in [1.165, 1.54) is 15.6 Å². The summed E-state index contributed by atoms with van der Waals surface area (Å²) in [6.45, 7) is 1.48. The van der Waals surface area contributed by atoms with E-state index in [0.29, 0.717) is 17.9 Å². The highest BCUT2D eigenvalue weighted by Crippen LogP contribution is 2.38. The van der Waals surface area contributed by atoms with E-state index in [1.54, 1.807) is 29.8 Å². The normalized spacial score (nSPS) is 17.2. The van der Waals surface area contributed by atoms with Gasteiger partial charge in [-0.25, -0.2) is 14.4 Å². The molecule has 27 heavy (non-hydrogen) atoms. The van der Waals surface area contributed by atoms with Crippen LogP contribution in [0.4, 0.5) is 4.39 Å². The molecule has 0 amide bonds. The fourth-order valence-electron chi connectivity index (χ4n) is 3.95. The summed E-state index contributed by atoms with van der Waals surface area (Å²) >= 11 is 1.75. The van der Waals surface area contributed by atoms with Gasteiger partial charge in [0.15, 0.2) is 5.82 Å². The van der Waals surface area contributed by atoms with Crippen molar-refractivity contribution in [2.75, 3.05) is 13.6 Å². The third-order valence-corrected chi connectivity index (χ3v) is 6.15. The van der Waals surface area contributed by atoms with Crippen molar-refractivity contribution in [3.05, 3.63) is 82.7 Å². The molecule has 1 aliphatic rings. The fourth-order valence-corrected chi connectivity index (χ4v) is 4.79. The molecule has 0 aliphatic carbocycles. The van der Waals surface area contributed by atoms with Crippen LogP contribution in [0.3, 0.4) is 0 Å². The van der Waals surface area contributed by atoms with Gasteiger partial charge >= 0.3 is 0 Å². The van der Waals surface area contributed by atoms with Gasteiger partial charge < -0.3 is 4.90 Å². The topological polar surface area (TPSA) is 29.0 Å². The number of rotatable bonds is 2. The van der Waals surface area contributed by atoms with Gasteiger partial charge in [0, 0.05) is 41.7 Å². The molecule has 3 heterocycles. The first-order valence-corrected chi connectivity index (χ1v) is 9.83. The van der Waals surface area contributed by atoms with Crippen molar-refractivity contribution in [3.63, 3.8) is 0 Å². The number of fused-ring (bicyclic) bond motifs is 2. The van der Waals surface area contributed by atoms with Crippen LogP contribution in [0, 0.1) is 5.82 Å². The Morgan fingerprint density at radius 2 is 1.96 bits per heavy atom. The zero-order chi connectivity index (χ0) is 18.4. The number of thiophene rings is 1. The van der Waals surface area contributed by atoms with Crippen molar-refractivity contribution in [1.29, 1.82) is 0 Å². The van der Waals surface area contributed by atoms with E-state index >= 15 is 4.39 Å². The third-order valence-electron chi connectivity index (χ3n) is 5.27. The fraction of sp³-hybridized carbons (Fsp3) is 0.182. The lowest BCUT2D eigenvalue weighted by molar-refractivity contribution is 0.289. The highest BCUT2D eigenvalue weighted by atomic mass is 32.1. The first-order chi connectivity index (χ1) is 13.2. The van der Waals surface area contributed by atoms with Crippen molar-refractivity contribution in [2.24, 2.45) is 0 Å². The van der Waals surface area contributed by atoms with E-state index in [2.05, 4.69) is 50.6 Å². The number of halogens is 1. The smallest absolute Gasteiger partial charge is 0.162 e. The Morgan fingerprint density at radius 3 is 2.81 bits per heavy atom. The Labute approximate surface area is 161 Å². The van der Waals surface area contributed by atoms with Gasteiger partial charge in [-0.3, -0.25) is 0 Å². The quantitative estimate of drug-likeness (QED) is 0.489. The van der Waals surface area contributed by atoms with Crippen LogP contribution in [-0.2, 0) is 6.54 Å². The van der Waals surface area contributed by atoms with Crippen molar-refractivity contribution in [2.45, 2.75) is 12.5 Å². The summed E-state index contributed by atoms with van der Waals surface area (Å²) in [7, 11) is 2.05. The average molecular weight is 375 g/mol. The van der Waals surface area contributed by atoms with Crippen LogP contribution in [-0.4, -0.2) is 28.5 Å². The van der Waals surface area contributed by atoms with Gasteiger partial charge in [0.1, 0.15) is 5.82 Å². The van der Waals surface area contributed by atoms with Crippen molar-refractivity contribution < 1.29 is 4.39 Å². The van der Waals surface area contributed by atoms with Crippen molar-refractivity contribution in [3.8, 4) is 11.4 Å². The summed E-state index contributed by atoms with van der Waals surface area (Å²) in [6, 6.07) is 14.3. The molecule has 1 unspecified atom stereocenters. The molecule has 0 radical (unpaired) electrons. The molecular weight excluding hydrogens is 357 g/mol. The summed E-state index contributed by atoms with van der Waals surface area (Å²) in [4.78, 5) is 10.6. The van der Waals surface area contributed by atoms with Gasteiger partial charge in [0.25, 0.3) is 0 Å². The number of likely N-dealkylation sites (N-methyl/N-ethyl adjacent to an activating group) is 1. The summed E-state index contributed by atoms with van der Waals surface area (Å²) in [5.74, 6) is 0.389. The molecule has 0 fully saturated rings. The van der Waals surface area contributed by atoms with Crippen molar-refractivity contribution >= 4 is 21.4 Å². The molecule has 134 valence electrons. The molecule has 0 bridgehead atoms. The van der Waals surface area contributed by atoms with E-state index < -0.39 is 0 Å². The van der Waals surface area contributed by atoms with Gasteiger partial charge in [-0.1, -0.05) is 18.2 Å². The molecule has 0 saturated heterocycles. The van der Waals surface area contributed by atoms with E-state index in [0.717, 1.165) is 17.7 Å². The Bertz CT molecular complexity index is 1120. The zero-order valence-electron chi connectivity index (χ0n) is 14.9. The molecule has 0 saturated carbocycles. The number of benzene rings is 2. The number of nitrogens with zero attached hydrogens (tertiary/aromatic N) is 3. The second-order valence-corrected chi connectivity index (χ2v) is 7.98. The number of hydrogen-bond donors (Lipinski definition) is 0. The van der Waals surface area contributed by atoms with Gasteiger partial charge in [-0.15, -0.1) is 11.3 Å². The molecule has 1 aliphatic heterocycles. The Hall–Kier alpha value is -2.63. The molecular formula is C22H18FN3S. The SMILES string of the molecule is CN1Cc2c(ccc(-c3ncccn3)c2F)C(c2ccc3ccsc3c2)C1. The Morgan fingerprint density at radius 1 is 1.11 bits per heavy atom. The second-order valence-electron chi connectivity index (χ2n) is 7.03. The summed E-state index contributed by atoms with van der Waals surface area (Å²) in [6.07, 6.45) is 3.29. The average Bonchev–Trinajstić information content (AvgIpc) is 3.17. The lowest BCUT2D eigenvalue weighted by Gasteiger charge is -2.33. The summed E-state index contributed by atoms with van der Waals surface area (Å²) in [5.41, 5.74) is 3.53. The monoisotopic (exact) mass is 375 g/mol. The van der Waals surface area contributed by atoms with E-state index in [9.17, 15) is 0 Å². The summed E-state index contributed by atoms with van der Waals surface area (Å²) < 4.78 is 16.7. The predicted octanol–water partition coefficient (Wildman–Crippen LogP) is 5.07. The molecule has 5 rings (SSSR count). The first kappa shape index (κ1) is 16.5. The van der Waals surface area contributed by atoms with E-state index in [1.807, 2.05) is 13.1 Å². The molecule has 2 aromatic carbocycles. The molecule has 0 spiro atoms. The van der Waals surface area contributed by atoms with Gasteiger partial charge in [0.05, 0.1) is 5.56 Å². The molecule has 3 nitrogen and oxygen atoms in total. The third kappa shape index (κ3) is 2.83.